The van der Waals surface area contributed by atoms with Crippen molar-refractivity contribution in [3.8, 4) is 0 Å². The Balaban J connectivity index is 2.24. The van der Waals surface area contributed by atoms with Crippen molar-refractivity contribution in [2.75, 3.05) is 11.5 Å². The minimum absolute atomic E-state index is 0.0165. The van der Waals surface area contributed by atoms with E-state index in [1.807, 2.05) is 37.4 Å². The molecule has 2 aliphatic rings. The van der Waals surface area contributed by atoms with Gasteiger partial charge in [0.2, 0.25) is 11.8 Å². The van der Waals surface area contributed by atoms with E-state index in [0.717, 1.165) is 24.3 Å². The van der Waals surface area contributed by atoms with Crippen molar-refractivity contribution in [2.24, 2.45) is 0 Å². The summed E-state index contributed by atoms with van der Waals surface area (Å²) in [5, 5.41) is 2.88. The van der Waals surface area contributed by atoms with Crippen LogP contribution in [0.4, 0.5) is 0 Å². The number of carbonyl (C=O) groups is 2. The highest BCUT2D eigenvalue weighted by molar-refractivity contribution is 7.99. The number of hydrogen-bond acceptors (Lipinski definition) is 3. The summed E-state index contributed by atoms with van der Waals surface area (Å²) in [6.07, 6.45) is 2.66. The Hall–Kier alpha value is -0.710. The van der Waals surface area contributed by atoms with E-state index in [1.165, 1.54) is 0 Å². The highest BCUT2D eigenvalue weighted by atomic mass is 32.2. The van der Waals surface area contributed by atoms with E-state index in [-0.39, 0.29) is 23.9 Å². The van der Waals surface area contributed by atoms with Crippen molar-refractivity contribution in [3.63, 3.8) is 0 Å². The van der Waals surface area contributed by atoms with Crippen LogP contribution in [0.25, 0.3) is 0 Å². The highest BCUT2D eigenvalue weighted by Gasteiger charge is 2.47. The maximum atomic E-state index is 12.6. The zero-order valence-corrected chi connectivity index (χ0v) is 12.2. The first-order chi connectivity index (χ1) is 8.49. The summed E-state index contributed by atoms with van der Waals surface area (Å²) >= 11 is 1.93. The number of piperazine rings is 1. The molecule has 0 spiro atoms. The summed E-state index contributed by atoms with van der Waals surface area (Å²) in [5.74, 6) is 2.25. The predicted molar refractivity (Wildman–Crippen MR) is 73.5 cm³/mol. The molecule has 0 bridgehead atoms. The topological polar surface area (TPSA) is 49.4 Å². The van der Waals surface area contributed by atoms with Crippen LogP contribution >= 0.6 is 11.8 Å². The van der Waals surface area contributed by atoms with Gasteiger partial charge in [-0.05, 0) is 44.6 Å². The van der Waals surface area contributed by atoms with Crippen LogP contribution in [0.2, 0.25) is 0 Å². The molecule has 2 aliphatic heterocycles. The summed E-state index contributed by atoms with van der Waals surface area (Å²) < 4.78 is 0. The molecule has 0 aromatic carbocycles. The molecule has 0 radical (unpaired) electrons. The third-order valence-corrected chi connectivity index (χ3v) is 5.24. The lowest BCUT2D eigenvalue weighted by atomic mass is 9.90. The second-order valence-corrected chi connectivity index (χ2v) is 6.63. The monoisotopic (exact) mass is 270 g/mol. The second-order valence-electron chi connectivity index (χ2n) is 5.41. The molecule has 2 heterocycles. The Bertz CT molecular complexity index is 355. The summed E-state index contributed by atoms with van der Waals surface area (Å²) in [6.45, 7) is 5.62. The van der Waals surface area contributed by atoms with E-state index >= 15 is 0 Å². The van der Waals surface area contributed by atoms with Gasteiger partial charge in [0, 0.05) is 6.04 Å². The normalized spacial score (nSPS) is 34.6. The molecule has 4 nitrogen and oxygen atoms in total. The van der Waals surface area contributed by atoms with Crippen LogP contribution in [0.15, 0.2) is 0 Å². The van der Waals surface area contributed by atoms with Gasteiger partial charge in [0.15, 0.2) is 0 Å². The summed E-state index contributed by atoms with van der Waals surface area (Å²) in [6, 6.07) is -0.0871. The zero-order valence-electron chi connectivity index (χ0n) is 11.4. The SMILES string of the molecule is CCC1(C)NC(=O)C(C)N(C2CCSCC2)C1=O. The third kappa shape index (κ3) is 2.25. The fraction of sp³-hybridized carbons (Fsp3) is 0.846. The molecule has 2 atom stereocenters. The van der Waals surface area contributed by atoms with E-state index in [0.29, 0.717) is 6.42 Å². The quantitative estimate of drug-likeness (QED) is 0.825. The van der Waals surface area contributed by atoms with Crippen molar-refractivity contribution in [1.29, 1.82) is 0 Å². The largest absolute Gasteiger partial charge is 0.340 e. The van der Waals surface area contributed by atoms with E-state index in [1.54, 1.807) is 0 Å². The highest BCUT2D eigenvalue weighted by Crippen LogP contribution is 2.29. The lowest BCUT2D eigenvalue weighted by Gasteiger charge is -2.47. The predicted octanol–water partition coefficient (Wildman–Crippen LogP) is 1.40. The van der Waals surface area contributed by atoms with Crippen molar-refractivity contribution < 1.29 is 9.59 Å². The first-order valence-electron chi connectivity index (χ1n) is 6.72. The van der Waals surface area contributed by atoms with Crippen LogP contribution in [0.1, 0.15) is 40.0 Å². The fourth-order valence-corrected chi connectivity index (χ4v) is 3.78. The van der Waals surface area contributed by atoms with Gasteiger partial charge in [-0.1, -0.05) is 6.92 Å². The van der Waals surface area contributed by atoms with Crippen molar-refractivity contribution in [1.82, 2.24) is 10.2 Å². The Kier molecular flexibility index (Phi) is 3.90. The molecule has 2 amide bonds. The molecule has 5 heteroatoms. The van der Waals surface area contributed by atoms with E-state index in [4.69, 9.17) is 0 Å². The van der Waals surface area contributed by atoms with Crippen LogP contribution in [0.3, 0.4) is 0 Å². The Labute approximate surface area is 113 Å². The third-order valence-electron chi connectivity index (χ3n) is 4.19. The van der Waals surface area contributed by atoms with Crippen LogP contribution in [0, 0.1) is 0 Å². The van der Waals surface area contributed by atoms with Gasteiger partial charge in [-0.15, -0.1) is 0 Å². The van der Waals surface area contributed by atoms with E-state index in [2.05, 4.69) is 5.32 Å². The average molecular weight is 270 g/mol. The fourth-order valence-electron chi connectivity index (χ4n) is 2.70. The molecule has 0 aliphatic carbocycles. The van der Waals surface area contributed by atoms with Crippen molar-refractivity contribution in [2.45, 2.75) is 57.7 Å². The van der Waals surface area contributed by atoms with E-state index < -0.39 is 5.54 Å². The lowest BCUT2D eigenvalue weighted by molar-refractivity contribution is -0.156. The first-order valence-corrected chi connectivity index (χ1v) is 7.87. The van der Waals surface area contributed by atoms with Gasteiger partial charge in [-0.3, -0.25) is 9.59 Å². The smallest absolute Gasteiger partial charge is 0.248 e. The number of carbonyl (C=O) groups excluding carboxylic acids is 2. The van der Waals surface area contributed by atoms with Gasteiger partial charge >= 0.3 is 0 Å². The second kappa shape index (κ2) is 5.11. The molecule has 102 valence electrons. The molecule has 2 unspecified atom stereocenters. The van der Waals surface area contributed by atoms with Crippen LogP contribution in [0.5, 0.6) is 0 Å². The summed E-state index contributed by atoms with van der Waals surface area (Å²) in [7, 11) is 0. The van der Waals surface area contributed by atoms with E-state index in [9.17, 15) is 9.59 Å². The van der Waals surface area contributed by atoms with Gasteiger partial charge in [0.05, 0.1) is 0 Å². The summed E-state index contributed by atoms with van der Waals surface area (Å²) in [4.78, 5) is 26.5. The van der Waals surface area contributed by atoms with Crippen molar-refractivity contribution in [3.05, 3.63) is 0 Å². The molecule has 18 heavy (non-hydrogen) atoms. The number of rotatable bonds is 2. The number of thioether (sulfide) groups is 1. The molecule has 0 aromatic rings. The van der Waals surface area contributed by atoms with Gasteiger partial charge < -0.3 is 10.2 Å². The number of hydrogen-bond donors (Lipinski definition) is 1. The maximum Gasteiger partial charge on any atom is 0.248 e. The van der Waals surface area contributed by atoms with Crippen molar-refractivity contribution >= 4 is 23.6 Å². The molecule has 0 saturated carbocycles. The Morgan fingerprint density at radius 2 is 2.00 bits per heavy atom. The molecule has 2 rings (SSSR count). The standard InChI is InChI=1S/C13H22N2O2S/c1-4-13(3)12(17)15(9(2)11(16)14-13)10-5-7-18-8-6-10/h9-10H,4-8H2,1-3H3,(H,14,16). The molecule has 2 saturated heterocycles. The number of nitrogens with zero attached hydrogens (tertiary/aromatic N) is 1. The zero-order chi connectivity index (χ0) is 13.3. The number of amides is 2. The molecule has 0 aromatic heterocycles. The maximum absolute atomic E-state index is 12.6. The van der Waals surface area contributed by atoms with Gasteiger partial charge in [0.1, 0.15) is 11.6 Å². The molecular weight excluding hydrogens is 248 g/mol. The average Bonchev–Trinajstić information content (AvgIpc) is 2.38. The molecule has 1 N–H and O–H groups in total. The van der Waals surface area contributed by atoms with Gasteiger partial charge in [0.25, 0.3) is 0 Å². The van der Waals surface area contributed by atoms with Crippen LogP contribution < -0.4 is 5.32 Å². The van der Waals surface area contributed by atoms with Crippen LogP contribution in [-0.4, -0.2) is 45.8 Å². The molecule has 2 fully saturated rings. The lowest BCUT2D eigenvalue weighted by Crippen LogP contribution is -2.70. The van der Waals surface area contributed by atoms with Crippen LogP contribution in [-0.2, 0) is 9.59 Å². The summed E-state index contributed by atoms with van der Waals surface area (Å²) in [5.41, 5.74) is -0.714. The molecular formula is C13H22N2O2S. The minimum Gasteiger partial charge on any atom is -0.340 e. The minimum atomic E-state index is -0.714. The van der Waals surface area contributed by atoms with Gasteiger partial charge in [-0.2, -0.15) is 11.8 Å². The Morgan fingerprint density at radius 3 is 2.56 bits per heavy atom. The number of nitrogens with one attached hydrogen (secondary N) is 1. The van der Waals surface area contributed by atoms with Gasteiger partial charge in [-0.25, -0.2) is 0 Å². The first kappa shape index (κ1) is 13.7. The Morgan fingerprint density at radius 1 is 1.39 bits per heavy atom.